The van der Waals surface area contributed by atoms with Crippen LogP contribution in [0.2, 0.25) is 0 Å². The number of fused-ring (bicyclic) bond motifs is 1. The van der Waals surface area contributed by atoms with Crippen molar-refractivity contribution in [1.29, 1.82) is 10.5 Å². The van der Waals surface area contributed by atoms with Gasteiger partial charge in [0.1, 0.15) is 40.7 Å². The predicted octanol–water partition coefficient (Wildman–Crippen LogP) is -0.153. The second kappa shape index (κ2) is 5.69. The van der Waals surface area contributed by atoms with E-state index in [1.807, 2.05) is 18.4 Å². The van der Waals surface area contributed by atoms with Crippen LogP contribution < -0.4 is 0 Å². The fraction of sp³-hybridized carbons (Fsp3) is 0.500. The van der Waals surface area contributed by atoms with Crippen LogP contribution in [0.1, 0.15) is 12.6 Å². The van der Waals surface area contributed by atoms with E-state index in [0.717, 1.165) is 0 Å². The molecule has 0 aliphatic carbocycles. The van der Waals surface area contributed by atoms with E-state index in [0.29, 0.717) is 10.7 Å². The molecule has 124 valence electrons. The Morgan fingerprint density at radius 2 is 2.17 bits per heavy atom. The largest absolute Gasteiger partial charge is 0.394 e. The number of imidazole rings is 1. The van der Waals surface area contributed by atoms with Gasteiger partial charge in [-0.3, -0.25) is 0 Å². The minimum Gasteiger partial charge on any atom is -0.394 e. The number of aliphatic hydroxyl groups excluding tert-OH is 2. The quantitative estimate of drug-likeness (QED) is 0.726. The van der Waals surface area contributed by atoms with Gasteiger partial charge in [0.2, 0.25) is 5.60 Å². The van der Waals surface area contributed by atoms with Crippen LogP contribution in [0, 0.1) is 28.1 Å². The van der Waals surface area contributed by atoms with Crippen molar-refractivity contribution >= 4 is 17.4 Å². The Kier molecular flexibility index (Phi) is 3.94. The Bertz CT molecular complexity index is 873. The van der Waals surface area contributed by atoms with Gasteiger partial charge in [0, 0.05) is 0 Å². The number of ether oxygens (including phenoxy) is 1. The molecule has 2 aromatic rings. The number of rotatable bonds is 3. The van der Waals surface area contributed by atoms with Crippen molar-refractivity contribution in [2.24, 2.45) is 5.41 Å². The van der Waals surface area contributed by atoms with Gasteiger partial charge in [0.05, 0.1) is 18.9 Å². The highest BCUT2D eigenvalue weighted by molar-refractivity contribution is 7.98. The molecule has 24 heavy (non-hydrogen) atoms. The Morgan fingerprint density at radius 1 is 1.42 bits per heavy atom. The van der Waals surface area contributed by atoms with Gasteiger partial charge in [0.25, 0.3) is 0 Å². The van der Waals surface area contributed by atoms with E-state index in [4.69, 9.17) is 4.74 Å². The molecule has 1 saturated heterocycles. The number of nitriles is 2. The van der Waals surface area contributed by atoms with Gasteiger partial charge in [-0.1, -0.05) is 0 Å². The zero-order chi connectivity index (χ0) is 17.5. The lowest BCUT2D eigenvalue weighted by molar-refractivity contribution is -0.0585. The van der Waals surface area contributed by atoms with Gasteiger partial charge in [0.15, 0.2) is 5.65 Å². The molecule has 3 rings (SSSR count). The van der Waals surface area contributed by atoms with Gasteiger partial charge in [-0.15, -0.1) is 11.8 Å². The second-order valence-electron chi connectivity index (χ2n) is 5.54. The number of aromatic nitrogens is 4. The van der Waals surface area contributed by atoms with Crippen LogP contribution in [0.15, 0.2) is 17.6 Å². The van der Waals surface area contributed by atoms with E-state index >= 15 is 0 Å². The van der Waals surface area contributed by atoms with Crippen LogP contribution in [0.4, 0.5) is 0 Å². The molecular formula is C14H14N6O3S. The summed E-state index contributed by atoms with van der Waals surface area (Å²) in [6.45, 7) is 0.899. The van der Waals surface area contributed by atoms with Gasteiger partial charge >= 0.3 is 0 Å². The van der Waals surface area contributed by atoms with E-state index in [1.54, 1.807) is 0 Å². The summed E-state index contributed by atoms with van der Waals surface area (Å²) in [5.41, 5.74) is -2.83. The van der Waals surface area contributed by atoms with Gasteiger partial charge in [-0.2, -0.15) is 15.6 Å². The second-order valence-corrected chi connectivity index (χ2v) is 6.33. The van der Waals surface area contributed by atoms with E-state index in [9.17, 15) is 20.7 Å². The summed E-state index contributed by atoms with van der Waals surface area (Å²) in [5, 5.41) is 44.1. The summed E-state index contributed by atoms with van der Waals surface area (Å²) >= 11 is 1.36. The molecule has 1 fully saturated rings. The lowest BCUT2D eigenvalue weighted by Crippen LogP contribution is -2.45. The monoisotopic (exact) mass is 346 g/mol. The topological polar surface area (TPSA) is 140 Å². The Labute approximate surface area is 141 Å². The van der Waals surface area contributed by atoms with Crippen molar-refractivity contribution in [1.82, 2.24) is 19.6 Å². The third kappa shape index (κ3) is 1.88. The zero-order valence-corrected chi connectivity index (χ0v) is 13.7. The fourth-order valence-corrected chi connectivity index (χ4v) is 3.46. The minimum atomic E-state index is -1.84. The van der Waals surface area contributed by atoms with Gasteiger partial charge in [-0.25, -0.2) is 14.5 Å². The lowest BCUT2D eigenvalue weighted by atomic mass is 9.71. The van der Waals surface area contributed by atoms with Crippen molar-refractivity contribution in [3.63, 3.8) is 0 Å². The maximum atomic E-state index is 10.4. The molecule has 0 amide bonds. The standard InChI is InChI=1S/C14H14N6O3S/c1-13(5-15)10(22)8(4-21)23-14(13,6-16)9-3-17-11-12(24-2)18-7-19-20(9)11/h3,7-8,10,21-22H,4H2,1-2H3/t8-,10-,13-,14+/m1/s1. The molecular weight excluding hydrogens is 332 g/mol. The molecule has 4 atom stereocenters. The van der Waals surface area contributed by atoms with E-state index in [2.05, 4.69) is 15.1 Å². The smallest absolute Gasteiger partial charge is 0.219 e. The summed E-state index contributed by atoms with van der Waals surface area (Å²) in [5.74, 6) is 0. The number of hydrogen-bond donors (Lipinski definition) is 2. The maximum Gasteiger partial charge on any atom is 0.219 e. The van der Waals surface area contributed by atoms with Crippen LogP contribution >= 0.6 is 11.8 Å². The highest BCUT2D eigenvalue weighted by Crippen LogP contribution is 2.52. The number of thioether (sulfide) groups is 1. The molecule has 2 N–H and O–H groups in total. The molecule has 1 aliphatic heterocycles. The first-order valence-electron chi connectivity index (χ1n) is 7.01. The van der Waals surface area contributed by atoms with E-state index in [1.165, 1.54) is 35.7 Å². The number of nitrogens with zero attached hydrogens (tertiary/aromatic N) is 6. The van der Waals surface area contributed by atoms with E-state index < -0.39 is 29.8 Å². The van der Waals surface area contributed by atoms with Crippen molar-refractivity contribution < 1.29 is 14.9 Å². The fourth-order valence-electron chi connectivity index (χ4n) is 2.98. The SMILES string of the molecule is CSc1ncnn2c([C@]3(C#N)O[C@H](CO)[C@@H](O)[C@@]3(C)C#N)cnc12. The average Bonchev–Trinajstić information content (AvgIpc) is 3.14. The third-order valence-corrected chi connectivity index (χ3v) is 5.07. The highest BCUT2D eigenvalue weighted by atomic mass is 32.2. The van der Waals surface area contributed by atoms with Crippen molar-refractivity contribution in [2.75, 3.05) is 12.9 Å². The van der Waals surface area contributed by atoms with E-state index in [-0.39, 0.29) is 5.69 Å². The summed E-state index contributed by atoms with van der Waals surface area (Å²) in [4.78, 5) is 8.34. The van der Waals surface area contributed by atoms with Crippen LogP contribution in [-0.2, 0) is 10.3 Å². The number of hydrogen-bond acceptors (Lipinski definition) is 9. The molecule has 0 aromatic carbocycles. The van der Waals surface area contributed by atoms with Gasteiger partial charge < -0.3 is 14.9 Å². The average molecular weight is 346 g/mol. The van der Waals surface area contributed by atoms with Crippen molar-refractivity contribution in [3.05, 3.63) is 18.2 Å². The first-order chi connectivity index (χ1) is 11.5. The molecule has 3 heterocycles. The lowest BCUT2D eigenvalue weighted by Gasteiger charge is -2.31. The molecule has 0 spiro atoms. The molecule has 2 aromatic heterocycles. The summed E-state index contributed by atoms with van der Waals surface area (Å²) in [6.07, 6.45) is 2.11. The van der Waals surface area contributed by atoms with Crippen LogP contribution in [0.25, 0.3) is 5.65 Å². The van der Waals surface area contributed by atoms with Gasteiger partial charge in [-0.05, 0) is 13.2 Å². The molecule has 9 nitrogen and oxygen atoms in total. The van der Waals surface area contributed by atoms with Crippen LogP contribution in [-0.4, -0.2) is 54.9 Å². The summed E-state index contributed by atoms with van der Waals surface area (Å²) in [7, 11) is 0. The first kappa shape index (κ1) is 16.6. The normalized spacial score (nSPS) is 32.6. The Balaban J connectivity index is 2.30. The molecule has 0 unspecified atom stereocenters. The van der Waals surface area contributed by atoms with Crippen molar-refractivity contribution in [2.45, 2.75) is 29.8 Å². The molecule has 10 heteroatoms. The first-order valence-corrected chi connectivity index (χ1v) is 8.24. The summed E-state index contributed by atoms with van der Waals surface area (Å²) in [6, 6.07) is 3.98. The Morgan fingerprint density at radius 3 is 2.75 bits per heavy atom. The molecule has 0 bridgehead atoms. The van der Waals surface area contributed by atoms with Crippen LogP contribution in [0.3, 0.4) is 0 Å². The molecule has 0 radical (unpaired) electrons. The summed E-state index contributed by atoms with van der Waals surface area (Å²) < 4.78 is 7.06. The third-order valence-electron chi connectivity index (χ3n) is 4.40. The Hall–Kier alpha value is -2.24. The van der Waals surface area contributed by atoms with Crippen molar-refractivity contribution in [3.8, 4) is 12.1 Å². The predicted molar refractivity (Wildman–Crippen MR) is 81.5 cm³/mol. The molecule has 1 aliphatic rings. The minimum absolute atomic E-state index is 0.205. The highest BCUT2D eigenvalue weighted by Gasteiger charge is 2.66. The number of aliphatic hydroxyl groups is 2. The van der Waals surface area contributed by atoms with Crippen LogP contribution in [0.5, 0.6) is 0 Å². The molecule has 0 saturated carbocycles. The zero-order valence-electron chi connectivity index (χ0n) is 12.9. The maximum absolute atomic E-state index is 10.4.